The number of rotatable bonds is 4. The molecule has 0 spiro atoms. The van der Waals surface area contributed by atoms with Crippen molar-refractivity contribution < 1.29 is 0 Å². The minimum atomic E-state index is 0.538. The number of hydrogen-bond donors (Lipinski definition) is 1. The van der Waals surface area contributed by atoms with Gasteiger partial charge in [0.1, 0.15) is 0 Å². The summed E-state index contributed by atoms with van der Waals surface area (Å²) >= 11 is 0. The maximum absolute atomic E-state index is 4.81. The van der Waals surface area contributed by atoms with Crippen LogP contribution in [0.1, 0.15) is 56.5 Å². The first-order valence-corrected chi connectivity index (χ1v) is 6.53. The van der Waals surface area contributed by atoms with Crippen LogP contribution in [0.25, 0.3) is 0 Å². The van der Waals surface area contributed by atoms with E-state index < -0.39 is 0 Å². The quantitative estimate of drug-likeness (QED) is 0.846. The standard InChI is InChI=1S/C13H23N3/c1-4-5-8-16-12-6-7-14-9-11(12)13(15-16)10(2)3/h10,14H,4-9H2,1-3H3. The van der Waals surface area contributed by atoms with Gasteiger partial charge in [-0.15, -0.1) is 0 Å². The lowest BCUT2D eigenvalue weighted by molar-refractivity contribution is 0.524. The normalized spacial score (nSPS) is 15.5. The highest BCUT2D eigenvalue weighted by atomic mass is 15.3. The molecule has 0 unspecified atom stereocenters. The van der Waals surface area contributed by atoms with Gasteiger partial charge in [-0.05, 0) is 12.3 Å². The molecule has 0 saturated carbocycles. The van der Waals surface area contributed by atoms with Crippen LogP contribution in [0.4, 0.5) is 0 Å². The number of hydrogen-bond acceptors (Lipinski definition) is 2. The summed E-state index contributed by atoms with van der Waals surface area (Å²) < 4.78 is 2.26. The lowest BCUT2D eigenvalue weighted by atomic mass is 10.0. The van der Waals surface area contributed by atoms with Gasteiger partial charge < -0.3 is 5.32 Å². The van der Waals surface area contributed by atoms with Crippen LogP contribution in [-0.4, -0.2) is 16.3 Å². The third-order valence-corrected chi connectivity index (χ3v) is 3.31. The van der Waals surface area contributed by atoms with Gasteiger partial charge in [0.05, 0.1) is 5.69 Å². The number of nitrogens with zero attached hydrogens (tertiary/aromatic N) is 2. The molecule has 1 aliphatic heterocycles. The molecule has 0 radical (unpaired) electrons. The predicted octanol–water partition coefficient (Wildman–Crippen LogP) is 2.45. The Labute approximate surface area is 98.2 Å². The first-order chi connectivity index (χ1) is 7.74. The number of aryl methyl sites for hydroxylation is 1. The van der Waals surface area contributed by atoms with E-state index in [9.17, 15) is 0 Å². The van der Waals surface area contributed by atoms with Crippen LogP contribution in [0.2, 0.25) is 0 Å². The summed E-state index contributed by atoms with van der Waals surface area (Å²) in [6.07, 6.45) is 3.61. The lowest BCUT2D eigenvalue weighted by Gasteiger charge is -2.16. The van der Waals surface area contributed by atoms with E-state index in [1.165, 1.54) is 29.8 Å². The van der Waals surface area contributed by atoms with Gasteiger partial charge in [0.15, 0.2) is 0 Å². The molecule has 0 saturated heterocycles. The zero-order valence-corrected chi connectivity index (χ0v) is 10.7. The molecule has 0 bridgehead atoms. The zero-order chi connectivity index (χ0) is 11.5. The predicted molar refractivity (Wildman–Crippen MR) is 66.6 cm³/mol. The average Bonchev–Trinajstić information content (AvgIpc) is 2.65. The van der Waals surface area contributed by atoms with E-state index in [0.717, 1.165) is 26.1 Å². The van der Waals surface area contributed by atoms with Crippen molar-refractivity contribution in [1.82, 2.24) is 15.1 Å². The van der Waals surface area contributed by atoms with Crippen LogP contribution < -0.4 is 5.32 Å². The maximum atomic E-state index is 4.81. The smallest absolute Gasteiger partial charge is 0.0697 e. The molecule has 0 amide bonds. The third kappa shape index (κ3) is 2.14. The minimum Gasteiger partial charge on any atom is -0.312 e. The van der Waals surface area contributed by atoms with E-state index in [2.05, 4.69) is 30.8 Å². The second kappa shape index (κ2) is 5.00. The molecule has 2 rings (SSSR count). The summed E-state index contributed by atoms with van der Waals surface area (Å²) in [6, 6.07) is 0. The summed E-state index contributed by atoms with van der Waals surface area (Å²) in [5.74, 6) is 0.538. The fraction of sp³-hybridized carbons (Fsp3) is 0.769. The Morgan fingerprint density at radius 2 is 2.25 bits per heavy atom. The molecular weight excluding hydrogens is 198 g/mol. The van der Waals surface area contributed by atoms with Gasteiger partial charge in [0.25, 0.3) is 0 Å². The largest absolute Gasteiger partial charge is 0.312 e. The van der Waals surface area contributed by atoms with Crippen LogP contribution in [0.5, 0.6) is 0 Å². The van der Waals surface area contributed by atoms with Gasteiger partial charge in [-0.25, -0.2) is 0 Å². The van der Waals surface area contributed by atoms with Crippen molar-refractivity contribution in [2.24, 2.45) is 0 Å². The van der Waals surface area contributed by atoms with Crippen molar-refractivity contribution in [3.63, 3.8) is 0 Å². The van der Waals surface area contributed by atoms with E-state index in [-0.39, 0.29) is 0 Å². The number of unbranched alkanes of at least 4 members (excludes halogenated alkanes) is 1. The van der Waals surface area contributed by atoms with Crippen molar-refractivity contribution in [2.45, 2.75) is 59.0 Å². The van der Waals surface area contributed by atoms with Crippen molar-refractivity contribution in [1.29, 1.82) is 0 Å². The Hall–Kier alpha value is -0.830. The van der Waals surface area contributed by atoms with Crippen molar-refractivity contribution in [3.05, 3.63) is 17.0 Å². The molecule has 2 heterocycles. The highest BCUT2D eigenvalue weighted by Gasteiger charge is 2.21. The molecule has 1 aliphatic rings. The summed E-state index contributed by atoms with van der Waals surface area (Å²) in [6.45, 7) is 9.91. The Morgan fingerprint density at radius 1 is 1.44 bits per heavy atom. The second-order valence-electron chi connectivity index (χ2n) is 4.97. The third-order valence-electron chi connectivity index (χ3n) is 3.31. The van der Waals surface area contributed by atoms with Crippen molar-refractivity contribution in [2.75, 3.05) is 6.54 Å². The Kier molecular flexibility index (Phi) is 3.64. The van der Waals surface area contributed by atoms with Gasteiger partial charge >= 0.3 is 0 Å². The van der Waals surface area contributed by atoms with Crippen LogP contribution >= 0.6 is 0 Å². The lowest BCUT2D eigenvalue weighted by Crippen LogP contribution is -2.25. The summed E-state index contributed by atoms with van der Waals surface area (Å²) in [5.41, 5.74) is 4.26. The van der Waals surface area contributed by atoms with E-state index >= 15 is 0 Å². The van der Waals surface area contributed by atoms with Crippen LogP contribution in [0.3, 0.4) is 0 Å². The van der Waals surface area contributed by atoms with Crippen molar-refractivity contribution in [3.8, 4) is 0 Å². The SMILES string of the molecule is CCCCn1nc(C(C)C)c2c1CCNC2. The monoisotopic (exact) mass is 221 g/mol. The van der Waals surface area contributed by atoms with E-state index in [0.29, 0.717) is 5.92 Å². The number of nitrogens with one attached hydrogen (secondary N) is 1. The molecule has 1 N–H and O–H groups in total. The number of fused-ring (bicyclic) bond motifs is 1. The first kappa shape index (κ1) is 11.6. The Morgan fingerprint density at radius 3 is 2.94 bits per heavy atom. The molecule has 0 fully saturated rings. The summed E-state index contributed by atoms with van der Waals surface area (Å²) in [5, 5.41) is 8.26. The van der Waals surface area contributed by atoms with Crippen molar-refractivity contribution >= 4 is 0 Å². The fourth-order valence-electron chi connectivity index (χ4n) is 2.40. The molecule has 0 aliphatic carbocycles. The van der Waals surface area contributed by atoms with Crippen LogP contribution in [0, 0.1) is 0 Å². The zero-order valence-electron chi connectivity index (χ0n) is 10.7. The van der Waals surface area contributed by atoms with Gasteiger partial charge in [-0.1, -0.05) is 27.2 Å². The molecule has 0 aromatic carbocycles. The molecule has 90 valence electrons. The number of aromatic nitrogens is 2. The molecule has 16 heavy (non-hydrogen) atoms. The van der Waals surface area contributed by atoms with Gasteiger partial charge in [-0.2, -0.15) is 5.10 Å². The molecule has 0 atom stereocenters. The summed E-state index contributed by atoms with van der Waals surface area (Å²) in [4.78, 5) is 0. The molecular formula is C13H23N3. The van der Waals surface area contributed by atoms with E-state index in [4.69, 9.17) is 5.10 Å². The van der Waals surface area contributed by atoms with Gasteiger partial charge in [0.2, 0.25) is 0 Å². The highest BCUT2D eigenvalue weighted by molar-refractivity contribution is 5.30. The molecule has 3 nitrogen and oxygen atoms in total. The topological polar surface area (TPSA) is 29.9 Å². The van der Waals surface area contributed by atoms with E-state index in [1.807, 2.05) is 0 Å². The van der Waals surface area contributed by atoms with Gasteiger partial charge in [0, 0.05) is 37.3 Å². The van der Waals surface area contributed by atoms with Crippen LogP contribution in [-0.2, 0) is 19.5 Å². The maximum Gasteiger partial charge on any atom is 0.0697 e. The fourth-order valence-corrected chi connectivity index (χ4v) is 2.40. The summed E-state index contributed by atoms with van der Waals surface area (Å²) in [7, 11) is 0. The molecule has 1 aromatic rings. The Balaban J connectivity index is 2.30. The Bertz CT molecular complexity index is 352. The molecule has 1 aromatic heterocycles. The minimum absolute atomic E-state index is 0.538. The van der Waals surface area contributed by atoms with Crippen LogP contribution in [0.15, 0.2) is 0 Å². The van der Waals surface area contributed by atoms with Gasteiger partial charge in [-0.3, -0.25) is 4.68 Å². The second-order valence-corrected chi connectivity index (χ2v) is 4.97. The molecule has 3 heteroatoms. The van der Waals surface area contributed by atoms with E-state index in [1.54, 1.807) is 0 Å². The first-order valence-electron chi connectivity index (χ1n) is 6.53. The highest BCUT2D eigenvalue weighted by Crippen LogP contribution is 2.24. The average molecular weight is 221 g/mol.